The number of nitrogens with zero attached hydrogens (tertiary/aromatic N) is 3. The van der Waals surface area contributed by atoms with Crippen LogP contribution in [0.2, 0.25) is 0 Å². The van der Waals surface area contributed by atoms with Crippen LogP contribution in [0.4, 0.5) is 4.39 Å². The molecule has 3 heterocycles. The second-order valence-electron chi connectivity index (χ2n) is 6.66. The molecule has 26 heavy (non-hydrogen) atoms. The van der Waals surface area contributed by atoms with Gasteiger partial charge in [0.15, 0.2) is 5.82 Å². The number of halogens is 1. The van der Waals surface area contributed by atoms with Crippen molar-refractivity contribution in [1.82, 2.24) is 30.8 Å². The fourth-order valence-corrected chi connectivity index (χ4v) is 3.50. The van der Waals surface area contributed by atoms with E-state index in [1.807, 2.05) is 12.3 Å². The van der Waals surface area contributed by atoms with Crippen molar-refractivity contribution in [2.75, 3.05) is 26.2 Å². The summed E-state index contributed by atoms with van der Waals surface area (Å²) >= 11 is 0. The summed E-state index contributed by atoms with van der Waals surface area (Å²) in [6.45, 7) is 6.51. The number of nitrogens with one attached hydrogen (secondary N) is 3. The fourth-order valence-electron chi connectivity index (χ4n) is 3.50. The molecule has 0 spiro atoms. The molecule has 4 rings (SSSR count). The molecule has 2 aliphatic heterocycles. The van der Waals surface area contributed by atoms with Crippen molar-refractivity contribution in [2.24, 2.45) is 0 Å². The van der Waals surface area contributed by atoms with Gasteiger partial charge in [-0.3, -0.25) is 4.98 Å². The molecule has 2 aromatic rings. The van der Waals surface area contributed by atoms with Gasteiger partial charge in [0.05, 0.1) is 16.9 Å². The van der Waals surface area contributed by atoms with Crippen LogP contribution >= 0.6 is 0 Å². The van der Waals surface area contributed by atoms with E-state index >= 15 is 0 Å². The minimum Gasteiger partial charge on any atom is -0.386 e. The normalized spacial score (nSPS) is 20.4. The highest BCUT2D eigenvalue weighted by Crippen LogP contribution is 2.21. The standard InChI is InChI=1S/C19H23FN6/c1-13-10-22-6-7-26(13)18-2-3-21-12-17(18)25-11-14-8-15(20)19-16(9-14)23-4-5-24-19/h2,4-5,8-9,12-13,21-22,25H,3,6-7,10-11H2,1H3. The zero-order valence-corrected chi connectivity index (χ0v) is 14.8. The van der Waals surface area contributed by atoms with E-state index in [0.717, 1.165) is 37.4 Å². The van der Waals surface area contributed by atoms with Crippen molar-refractivity contribution in [3.05, 3.63) is 59.6 Å². The van der Waals surface area contributed by atoms with Crippen LogP contribution in [-0.4, -0.2) is 47.1 Å². The predicted octanol–water partition coefficient (Wildman–Crippen LogP) is 1.48. The molecule has 3 N–H and O–H groups in total. The maximum atomic E-state index is 14.2. The Hall–Kier alpha value is -2.67. The molecule has 1 saturated heterocycles. The number of piperazine rings is 1. The maximum Gasteiger partial charge on any atom is 0.151 e. The zero-order valence-electron chi connectivity index (χ0n) is 14.8. The smallest absolute Gasteiger partial charge is 0.151 e. The molecule has 7 heteroatoms. The number of rotatable bonds is 4. The lowest BCUT2D eigenvalue weighted by Crippen LogP contribution is -2.50. The molecule has 6 nitrogen and oxygen atoms in total. The van der Waals surface area contributed by atoms with Gasteiger partial charge in [-0.05, 0) is 30.7 Å². The van der Waals surface area contributed by atoms with E-state index in [1.54, 1.807) is 6.20 Å². The minimum atomic E-state index is -0.338. The van der Waals surface area contributed by atoms with Gasteiger partial charge in [0.2, 0.25) is 0 Å². The molecule has 0 saturated carbocycles. The minimum absolute atomic E-state index is 0.310. The van der Waals surface area contributed by atoms with Gasteiger partial charge in [0, 0.05) is 57.4 Å². The van der Waals surface area contributed by atoms with Gasteiger partial charge in [0.1, 0.15) is 5.52 Å². The average Bonchev–Trinajstić information content (AvgIpc) is 2.67. The molecular formula is C19H23FN6. The Morgan fingerprint density at radius 3 is 3.08 bits per heavy atom. The van der Waals surface area contributed by atoms with Gasteiger partial charge in [-0.1, -0.05) is 0 Å². The topological polar surface area (TPSA) is 65.1 Å². The van der Waals surface area contributed by atoms with Gasteiger partial charge in [-0.2, -0.15) is 0 Å². The van der Waals surface area contributed by atoms with Crippen molar-refractivity contribution < 1.29 is 4.39 Å². The highest BCUT2D eigenvalue weighted by atomic mass is 19.1. The van der Waals surface area contributed by atoms with Crippen molar-refractivity contribution in [2.45, 2.75) is 19.5 Å². The van der Waals surface area contributed by atoms with Gasteiger partial charge in [0.25, 0.3) is 0 Å². The Morgan fingerprint density at radius 1 is 1.31 bits per heavy atom. The van der Waals surface area contributed by atoms with E-state index in [-0.39, 0.29) is 5.82 Å². The Bertz CT molecular complexity index is 862. The van der Waals surface area contributed by atoms with Crippen LogP contribution in [0.25, 0.3) is 11.0 Å². The summed E-state index contributed by atoms with van der Waals surface area (Å²) in [5.74, 6) is -0.338. The molecule has 0 bridgehead atoms. The summed E-state index contributed by atoms with van der Waals surface area (Å²) in [7, 11) is 0. The van der Waals surface area contributed by atoms with E-state index in [4.69, 9.17) is 0 Å². The quantitative estimate of drug-likeness (QED) is 0.773. The van der Waals surface area contributed by atoms with Crippen molar-refractivity contribution in [1.29, 1.82) is 0 Å². The molecule has 1 aromatic carbocycles. The molecule has 0 aliphatic carbocycles. The molecule has 1 unspecified atom stereocenters. The first-order valence-corrected chi connectivity index (χ1v) is 8.97. The SMILES string of the molecule is CC1CNCCN1C1=CCNC=C1NCc1cc(F)c2nccnc2c1. The first kappa shape index (κ1) is 16.8. The van der Waals surface area contributed by atoms with E-state index in [0.29, 0.717) is 23.6 Å². The van der Waals surface area contributed by atoms with Crippen LogP contribution in [0.1, 0.15) is 12.5 Å². The Labute approximate surface area is 152 Å². The van der Waals surface area contributed by atoms with E-state index in [9.17, 15) is 4.39 Å². The Kier molecular flexibility index (Phi) is 4.71. The molecule has 1 aromatic heterocycles. The lowest BCUT2D eigenvalue weighted by Gasteiger charge is -2.39. The van der Waals surface area contributed by atoms with Crippen molar-refractivity contribution in [3.63, 3.8) is 0 Å². The van der Waals surface area contributed by atoms with Gasteiger partial charge < -0.3 is 20.9 Å². The van der Waals surface area contributed by atoms with Crippen molar-refractivity contribution in [3.8, 4) is 0 Å². The highest BCUT2D eigenvalue weighted by Gasteiger charge is 2.23. The second kappa shape index (κ2) is 7.29. The number of dihydropyridines is 1. The van der Waals surface area contributed by atoms with E-state index in [2.05, 4.69) is 43.8 Å². The van der Waals surface area contributed by atoms with E-state index < -0.39 is 0 Å². The maximum absolute atomic E-state index is 14.2. The summed E-state index contributed by atoms with van der Waals surface area (Å²) < 4.78 is 14.2. The average molecular weight is 354 g/mol. The largest absolute Gasteiger partial charge is 0.386 e. The number of hydrogen-bond acceptors (Lipinski definition) is 6. The van der Waals surface area contributed by atoms with Crippen LogP contribution in [0.5, 0.6) is 0 Å². The molecule has 1 atom stereocenters. The summed E-state index contributed by atoms with van der Waals surface area (Å²) in [5, 5.41) is 10.1. The predicted molar refractivity (Wildman–Crippen MR) is 99.5 cm³/mol. The first-order valence-electron chi connectivity index (χ1n) is 8.97. The summed E-state index contributed by atoms with van der Waals surface area (Å²) in [6, 6.07) is 3.84. The van der Waals surface area contributed by atoms with Crippen LogP contribution in [0, 0.1) is 5.82 Å². The highest BCUT2D eigenvalue weighted by molar-refractivity contribution is 5.75. The van der Waals surface area contributed by atoms with Crippen molar-refractivity contribution >= 4 is 11.0 Å². The number of aromatic nitrogens is 2. The van der Waals surface area contributed by atoms with Crippen LogP contribution in [0.15, 0.2) is 48.2 Å². The van der Waals surface area contributed by atoms with E-state index in [1.165, 1.54) is 18.0 Å². The lowest BCUT2D eigenvalue weighted by molar-refractivity contribution is 0.223. The lowest BCUT2D eigenvalue weighted by atomic mass is 10.1. The third-order valence-electron chi connectivity index (χ3n) is 4.82. The van der Waals surface area contributed by atoms with Crippen LogP contribution in [-0.2, 0) is 6.54 Å². The Morgan fingerprint density at radius 2 is 2.19 bits per heavy atom. The second-order valence-corrected chi connectivity index (χ2v) is 6.66. The van der Waals surface area contributed by atoms with Crippen LogP contribution in [0.3, 0.4) is 0 Å². The molecule has 0 radical (unpaired) electrons. The number of hydrogen-bond donors (Lipinski definition) is 3. The molecule has 1 fully saturated rings. The fraction of sp³-hybridized carbons (Fsp3) is 0.368. The van der Waals surface area contributed by atoms with Gasteiger partial charge in [-0.25, -0.2) is 9.37 Å². The molecule has 0 amide bonds. The number of fused-ring (bicyclic) bond motifs is 1. The molecular weight excluding hydrogens is 331 g/mol. The zero-order chi connectivity index (χ0) is 17.9. The summed E-state index contributed by atoms with van der Waals surface area (Å²) in [5.41, 5.74) is 3.97. The molecule has 136 valence electrons. The third kappa shape index (κ3) is 3.35. The third-order valence-corrected chi connectivity index (χ3v) is 4.82. The molecule has 2 aliphatic rings. The summed E-state index contributed by atoms with van der Waals surface area (Å²) in [4.78, 5) is 10.7. The first-order chi connectivity index (χ1) is 12.7. The monoisotopic (exact) mass is 354 g/mol. The Balaban J connectivity index is 1.51. The number of benzene rings is 1. The van der Waals surface area contributed by atoms with Gasteiger partial charge >= 0.3 is 0 Å². The van der Waals surface area contributed by atoms with Crippen LogP contribution < -0.4 is 16.0 Å². The van der Waals surface area contributed by atoms with Gasteiger partial charge in [-0.15, -0.1) is 0 Å². The summed E-state index contributed by atoms with van der Waals surface area (Å²) in [6.07, 6.45) is 7.30.